The minimum atomic E-state index is -0.539. The van der Waals surface area contributed by atoms with Gasteiger partial charge in [-0.15, -0.1) is 11.6 Å². The maximum atomic E-state index is 3.75. The van der Waals surface area contributed by atoms with Gasteiger partial charge >= 0.3 is 21.1 Å². The molecule has 0 saturated heterocycles. The molecule has 0 aromatic heterocycles. The average molecular weight is 478 g/mol. The molecular weight excluding hydrogens is 442 g/mol. The standard InChI is InChI=1S/C19H23NSi.2C2H6N.Mo/c1-19(2,3)20-17-12-16-14(11-18(17)21(4)5)10-13-8-6-7-9-15(13)16;2*1-3-2;/h6-9,12,20H,10H2,1-5H3;2*1-2H3;/q3*-1;+3. The predicted octanol–water partition coefficient (Wildman–Crippen LogP) is 5.47. The number of nitrogens with one attached hydrogen (secondary N) is 1. The molecule has 0 heterocycles. The van der Waals surface area contributed by atoms with Crippen molar-refractivity contribution < 1.29 is 21.1 Å². The first-order chi connectivity index (χ1) is 12.7. The summed E-state index contributed by atoms with van der Waals surface area (Å²) >= 11 is 0. The van der Waals surface area contributed by atoms with E-state index in [2.05, 4.69) is 86.2 Å². The molecule has 2 aromatic rings. The maximum Gasteiger partial charge on any atom is 3.00 e. The van der Waals surface area contributed by atoms with Crippen LogP contribution in [0, 0.1) is 6.07 Å². The Morgan fingerprint density at radius 2 is 1.50 bits per heavy atom. The number of fused-ring (bicyclic) bond motifs is 3. The minimum Gasteiger partial charge on any atom is -0.668 e. The zero-order valence-electron chi connectivity index (χ0n) is 18.9. The van der Waals surface area contributed by atoms with Crippen LogP contribution in [-0.4, -0.2) is 42.5 Å². The summed E-state index contributed by atoms with van der Waals surface area (Å²) in [5.41, 5.74) is 6.90. The van der Waals surface area contributed by atoms with Gasteiger partial charge in [-0.2, -0.15) is 45.0 Å². The van der Waals surface area contributed by atoms with E-state index in [1.807, 2.05) is 0 Å². The Morgan fingerprint density at radius 1 is 0.964 bits per heavy atom. The molecule has 3 rings (SSSR count). The largest absolute Gasteiger partial charge is 3.00 e. The van der Waals surface area contributed by atoms with Crippen molar-refractivity contribution in [2.45, 2.75) is 45.8 Å². The van der Waals surface area contributed by atoms with E-state index in [4.69, 9.17) is 0 Å². The van der Waals surface area contributed by atoms with Gasteiger partial charge in [0.15, 0.2) is 0 Å². The third kappa shape index (κ3) is 7.83. The maximum absolute atomic E-state index is 3.75. The van der Waals surface area contributed by atoms with Gasteiger partial charge in [-0.1, -0.05) is 54.2 Å². The Hall–Kier alpha value is -0.935. The third-order valence-electron chi connectivity index (χ3n) is 3.84. The predicted molar refractivity (Wildman–Crippen MR) is 124 cm³/mol. The molecule has 1 N–H and O–H groups in total. The van der Waals surface area contributed by atoms with Gasteiger partial charge in [-0.25, -0.2) is 0 Å². The summed E-state index contributed by atoms with van der Waals surface area (Å²) < 4.78 is 0. The number of hydrogen-bond donors (Lipinski definition) is 1. The molecule has 1 aliphatic carbocycles. The van der Waals surface area contributed by atoms with E-state index in [1.54, 1.807) is 28.2 Å². The zero-order valence-corrected chi connectivity index (χ0v) is 21.9. The van der Waals surface area contributed by atoms with Crippen LogP contribution in [0.5, 0.6) is 0 Å². The summed E-state index contributed by atoms with van der Waals surface area (Å²) in [6, 6.07) is 14.8. The molecular formula is C23H35MoN3Si. The molecule has 0 unspecified atom stereocenters. The fourth-order valence-electron chi connectivity index (χ4n) is 2.99. The van der Waals surface area contributed by atoms with Crippen LogP contribution >= 0.6 is 0 Å². The van der Waals surface area contributed by atoms with Gasteiger partial charge in [0.05, 0.1) is 8.80 Å². The van der Waals surface area contributed by atoms with Gasteiger partial charge in [0.25, 0.3) is 0 Å². The molecule has 0 spiro atoms. The second-order valence-corrected chi connectivity index (χ2v) is 10.6. The summed E-state index contributed by atoms with van der Waals surface area (Å²) in [5.74, 6) is 0. The molecule has 0 amide bonds. The first-order valence-electron chi connectivity index (χ1n) is 9.40. The molecule has 0 atom stereocenters. The average Bonchev–Trinajstić information content (AvgIpc) is 2.92. The second-order valence-electron chi connectivity index (χ2n) is 8.05. The van der Waals surface area contributed by atoms with Gasteiger partial charge < -0.3 is 16.0 Å². The minimum absolute atomic E-state index is 0. The van der Waals surface area contributed by atoms with E-state index < -0.39 is 8.80 Å². The van der Waals surface area contributed by atoms with Crippen LogP contribution < -0.4 is 10.5 Å². The van der Waals surface area contributed by atoms with Crippen molar-refractivity contribution in [3.05, 3.63) is 58.2 Å². The fourth-order valence-corrected chi connectivity index (χ4v) is 4.07. The fraction of sp³-hybridized carbons (Fsp3) is 0.478. The van der Waals surface area contributed by atoms with Crippen molar-refractivity contribution in [3.63, 3.8) is 0 Å². The monoisotopic (exact) mass is 479 g/mol. The number of anilines is 1. The smallest absolute Gasteiger partial charge is 0.668 e. The van der Waals surface area contributed by atoms with Gasteiger partial charge in [-0.05, 0) is 27.2 Å². The molecule has 5 heteroatoms. The zero-order chi connectivity index (χ0) is 20.6. The Balaban J connectivity index is 0.000000930. The molecule has 28 heavy (non-hydrogen) atoms. The summed E-state index contributed by atoms with van der Waals surface area (Å²) in [5, 5.41) is 12.1. The molecule has 0 fully saturated rings. The number of nitrogens with zero attached hydrogens (tertiary/aromatic N) is 2. The van der Waals surface area contributed by atoms with Crippen LogP contribution in [0.3, 0.4) is 0 Å². The Morgan fingerprint density at radius 3 is 2.00 bits per heavy atom. The van der Waals surface area contributed by atoms with Crippen LogP contribution in [0.15, 0.2) is 30.3 Å². The van der Waals surface area contributed by atoms with E-state index in [0.29, 0.717) is 0 Å². The van der Waals surface area contributed by atoms with Gasteiger partial charge in [0.2, 0.25) is 0 Å². The van der Waals surface area contributed by atoms with Crippen molar-refractivity contribution >= 4 is 19.7 Å². The quantitative estimate of drug-likeness (QED) is 0.386. The molecule has 0 aliphatic heterocycles. The van der Waals surface area contributed by atoms with E-state index in [0.717, 1.165) is 6.42 Å². The van der Waals surface area contributed by atoms with Crippen LogP contribution in [0.25, 0.3) is 21.8 Å². The molecule has 2 aromatic carbocycles. The van der Waals surface area contributed by atoms with E-state index in [1.165, 1.54) is 33.1 Å². The molecule has 0 saturated carbocycles. The Bertz CT molecular complexity index is 722. The molecule has 152 valence electrons. The molecule has 3 nitrogen and oxygen atoms in total. The van der Waals surface area contributed by atoms with Gasteiger partial charge in [0.1, 0.15) is 0 Å². The summed E-state index contributed by atoms with van der Waals surface area (Å²) in [7, 11) is 6.46. The SMILES string of the molecule is C[N-]C.C[N-]C.C[Si](C)c1[c-]c2c(cc1NC(C)(C)C)-c1ccccc1C2.[Mo+3]. The van der Waals surface area contributed by atoms with E-state index in [-0.39, 0.29) is 26.6 Å². The Kier molecular flexibility index (Phi) is 12.2. The van der Waals surface area contributed by atoms with Crippen molar-refractivity contribution in [3.8, 4) is 11.1 Å². The number of benzene rings is 2. The normalized spacial score (nSPS) is 11.2. The van der Waals surface area contributed by atoms with Crippen LogP contribution in [0.1, 0.15) is 31.9 Å². The van der Waals surface area contributed by atoms with Crippen LogP contribution in [-0.2, 0) is 27.5 Å². The first kappa shape index (κ1) is 27.1. The summed E-state index contributed by atoms with van der Waals surface area (Å²) in [4.78, 5) is 0. The Labute approximate surface area is 189 Å². The molecule has 2 radical (unpaired) electrons. The summed E-state index contributed by atoms with van der Waals surface area (Å²) in [6.45, 7) is 11.3. The van der Waals surface area contributed by atoms with E-state index >= 15 is 0 Å². The molecule has 0 bridgehead atoms. The topological polar surface area (TPSA) is 40.2 Å². The summed E-state index contributed by atoms with van der Waals surface area (Å²) in [6.07, 6.45) is 1.03. The van der Waals surface area contributed by atoms with Gasteiger partial charge in [0, 0.05) is 5.54 Å². The first-order valence-corrected chi connectivity index (χ1v) is 11.9. The van der Waals surface area contributed by atoms with Crippen molar-refractivity contribution in [2.75, 3.05) is 33.5 Å². The van der Waals surface area contributed by atoms with E-state index in [9.17, 15) is 0 Å². The van der Waals surface area contributed by atoms with Crippen molar-refractivity contribution in [1.29, 1.82) is 0 Å². The molecule has 1 aliphatic rings. The van der Waals surface area contributed by atoms with Crippen LogP contribution in [0.2, 0.25) is 13.1 Å². The number of hydrogen-bond acceptors (Lipinski definition) is 1. The van der Waals surface area contributed by atoms with Gasteiger partial charge in [-0.3, -0.25) is 0 Å². The third-order valence-corrected chi connectivity index (χ3v) is 5.24. The van der Waals surface area contributed by atoms with Crippen LogP contribution in [0.4, 0.5) is 5.69 Å². The second kappa shape index (κ2) is 12.6. The van der Waals surface area contributed by atoms with Crippen molar-refractivity contribution in [1.82, 2.24) is 0 Å². The van der Waals surface area contributed by atoms with Crippen molar-refractivity contribution in [2.24, 2.45) is 0 Å². The number of rotatable bonds is 2.